The molecule has 0 radical (unpaired) electrons. The number of nitrogens with one attached hydrogen (secondary N) is 1. The normalized spacial score (nSPS) is 14.2. The van der Waals surface area contributed by atoms with E-state index in [4.69, 9.17) is 5.11 Å². The minimum absolute atomic E-state index is 0.00729. The average molecular weight is 265 g/mol. The lowest BCUT2D eigenvalue weighted by atomic mass is 10.0. The highest BCUT2D eigenvalue weighted by atomic mass is 32.2. The Morgan fingerprint density at radius 2 is 1.71 bits per heavy atom. The van der Waals surface area contributed by atoms with Crippen LogP contribution in [0, 0.1) is 5.92 Å². The highest BCUT2D eigenvalue weighted by Gasteiger charge is 2.13. The van der Waals surface area contributed by atoms with E-state index in [0.717, 1.165) is 19.3 Å². The van der Waals surface area contributed by atoms with Crippen molar-refractivity contribution in [1.82, 2.24) is 4.72 Å². The highest BCUT2D eigenvalue weighted by Crippen LogP contribution is 2.09. The van der Waals surface area contributed by atoms with E-state index < -0.39 is 10.0 Å². The summed E-state index contributed by atoms with van der Waals surface area (Å²) in [6, 6.07) is 0.00729. The van der Waals surface area contributed by atoms with Crippen molar-refractivity contribution in [2.45, 2.75) is 58.9 Å². The molecular weight excluding hydrogens is 238 g/mol. The number of aliphatic hydroxyl groups is 1. The molecule has 5 heteroatoms. The molecule has 0 aromatic heterocycles. The van der Waals surface area contributed by atoms with Gasteiger partial charge in [0.2, 0.25) is 10.0 Å². The Bertz CT molecular complexity index is 275. The Morgan fingerprint density at radius 3 is 2.24 bits per heavy atom. The fourth-order valence-electron chi connectivity index (χ4n) is 1.66. The van der Waals surface area contributed by atoms with Gasteiger partial charge in [-0.25, -0.2) is 13.1 Å². The first-order valence-electron chi connectivity index (χ1n) is 6.48. The lowest BCUT2D eigenvalue weighted by molar-refractivity contribution is 0.287. The Labute approximate surface area is 106 Å². The van der Waals surface area contributed by atoms with E-state index in [0.29, 0.717) is 18.8 Å². The third kappa shape index (κ3) is 10.7. The van der Waals surface area contributed by atoms with E-state index in [-0.39, 0.29) is 18.4 Å². The number of rotatable bonds is 10. The Morgan fingerprint density at radius 1 is 1.06 bits per heavy atom. The Kier molecular flexibility index (Phi) is 8.82. The summed E-state index contributed by atoms with van der Waals surface area (Å²) in [5.41, 5.74) is 0. The van der Waals surface area contributed by atoms with E-state index in [9.17, 15) is 8.42 Å². The molecule has 0 heterocycles. The van der Waals surface area contributed by atoms with Crippen LogP contribution in [-0.4, -0.2) is 31.9 Å². The number of hydrogen-bond donors (Lipinski definition) is 2. The van der Waals surface area contributed by atoms with Gasteiger partial charge in [0.25, 0.3) is 0 Å². The van der Waals surface area contributed by atoms with Gasteiger partial charge in [-0.05, 0) is 32.1 Å². The Hall–Kier alpha value is -0.130. The van der Waals surface area contributed by atoms with Crippen LogP contribution in [-0.2, 0) is 10.0 Å². The van der Waals surface area contributed by atoms with Gasteiger partial charge in [0.15, 0.2) is 0 Å². The van der Waals surface area contributed by atoms with Crippen molar-refractivity contribution < 1.29 is 13.5 Å². The summed E-state index contributed by atoms with van der Waals surface area (Å²) in [4.78, 5) is 0. The summed E-state index contributed by atoms with van der Waals surface area (Å²) in [5.74, 6) is 0.783. The lowest BCUT2D eigenvalue weighted by Gasteiger charge is -2.14. The standard InChI is InChI=1S/C12H27NO3S/c1-11(2)7-6-8-12(3)13-17(15,16)10-5-4-9-14/h11-14H,4-10H2,1-3H3. The molecule has 0 aliphatic rings. The monoisotopic (exact) mass is 265 g/mol. The second kappa shape index (κ2) is 8.89. The van der Waals surface area contributed by atoms with Gasteiger partial charge in [-0.15, -0.1) is 0 Å². The summed E-state index contributed by atoms with van der Waals surface area (Å²) in [6.45, 7) is 6.30. The zero-order chi connectivity index (χ0) is 13.3. The van der Waals surface area contributed by atoms with Gasteiger partial charge in [0.1, 0.15) is 0 Å². The predicted octanol–water partition coefficient (Wildman–Crippen LogP) is 1.89. The molecule has 2 N–H and O–H groups in total. The third-order valence-corrected chi connectivity index (χ3v) is 4.21. The molecule has 17 heavy (non-hydrogen) atoms. The SMILES string of the molecule is CC(C)CCCC(C)NS(=O)(=O)CCCCO. The zero-order valence-electron chi connectivity index (χ0n) is 11.3. The summed E-state index contributed by atoms with van der Waals surface area (Å²) < 4.78 is 25.9. The largest absolute Gasteiger partial charge is 0.396 e. The van der Waals surface area contributed by atoms with Gasteiger partial charge in [-0.2, -0.15) is 0 Å². The van der Waals surface area contributed by atoms with E-state index in [1.165, 1.54) is 0 Å². The van der Waals surface area contributed by atoms with Crippen LogP contribution in [0.3, 0.4) is 0 Å². The van der Waals surface area contributed by atoms with Gasteiger partial charge in [-0.1, -0.05) is 26.7 Å². The fraction of sp³-hybridized carbons (Fsp3) is 1.00. The van der Waals surface area contributed by atoms with Gasteiger partial charge in [0.05, 0.1) is 5.75 Å². The molecule has 4 nitrogen and oxygen atoms in total. The first kappa shape index (κ1) is 16.9. The van der Waals surface area contributed by atoms with Gasteiger partial charge in [0, 0.05) is 12.6 Å². The summed E-state index contributed by atoms with van der Waals surface area (Å²) in [5, 5.41) is 8.60. The van der Waals surface area contributed by atoms with Crippen LogP contribution in [0.1, 0.15) is 52.9 Å². The fourth-order valence-corrected chi connectivity index (χ4v) is 3.09. The number of sulfonamides is 1. The van der Waals surface area contributed by atoms with Crippen molar-refractivity contribution in [1.29, 1.82) is 0 Å². The molecule has 1 unspecified atom stereocenters. The van der Waals surface area contributed by atoms with E-state index in [2.05, 4.69) is 18.6 Å². The van der Waals surface area contributed by atoms with Gasteiger partial charge < -0.3 is 5.11 Å². The van der Waals surface area contributed by atoms with Crippen molar-refractivity contribution in [3.8, 4) is 0 Å². The molecule has 0 aliphatic carbocycles. The van der Waals surface area contributed by atoms with Crippen LogP contribution < -0.4 is 4.72 Å². The zero-order valence-corrected chi connectivity index (χ0v) is 12.1. The minimum Gasteiger partial charge on any atom is -0.396 e. The molecule has 0 rings (SSSR count). The van der Waals surface area contributed by atoms with Crippen LogP contribution in [0.4, 0.5) is 0 Å². The molecule has 0 aromatic rings. The van der Waals surface area contributed by atoms with Crippen molar-refractivity contribution in [2.24, 2.45) is 5.92 Å². The van der Waals surface area contributed by atoms with Crippen LogP contribution >= 0.6 is 0 Å². The average Bonchev–Trinajstić information content (AvgIpc) is 2.16. The molecule has 0 aliphatic heterocycles. The number of aliphatic hydroxyl groups excluding tert-OH is 1. The Balaban J connectivity index is 3.80. The maximum Gasteiger partial charge on any atom is 0.211 e. The molecule has 0 spiro atoms. The van der Waals surface area contributed by atoms with Crippen molar-refractivity contribution in [3.05, 3.63) is 0 Å². The third-order valence-electron chi connectivity index (χ3n) is 2.62. The van der Waals surface area contributed by atoms with Crippen LogP contribution in [0.25, 0.3) is 0 Å². The first-order valence-corrected chi connectivity index (χ1v) is 8.13. The smallest absolute Gasteiger partial charge is 0.211 e. The molecule has 0 fully saturated rings. The maximum absolute atomic E-state index is 11.6. The van der Waals surface area contributed by atoms with Gasteiger partial charge in [-0.3, -0.25) is 0 Å². The number of unbranched alkanes of at least 4 members (excludes halogenated alkanes) is 1. The molecular formula is C12H27NO3S. The van der Waals surface area contributed by atoms with E-state index >= 15 is 0 Å². The molecule has 0 aromatic carbocycles. The second-order valence-corrected chi connectivity index (χ2v) is 6.97. The van der Waals surface area contributed by atoms with E-state index in [1.54, 1.807) is 0 Å². The molecule has 0 bridgehead atoms. The summed E-state index contributed by atoms with van der Waals surface area (Å²) >= 11 is 0. The molecule has 0 saturated heterocycles. The lowest BCUT2D eigenvalue weighted by Crippen LogP contribution is -2.34. The van der Waals surface area contributed by atoms with Gasteiger partial charge >= 0.3 is 0 Å². The molecule has 0 saturated carbocycles. The molecule has 104 valence electrons. The maximum atomic E-state index is 11.6. The molecule has 1 atom stereocenters. The summed E-state index contributed by atoms with van der Waals surface area (Å²) in [7, 11) is -3.16. The first-order chi connectivity index (χ1) is 7.87. The van der Waals surface area contributed by atoms with Crippen LogP contribution in [0.15, 0.2) is 0 Å². The number of hydrogen-bond acceptors (Lipinski definition) is 3. The van der Waals surface area contributed by atoms with Crippen molar-refractivity contribution in [2.75, 3.05) is 12.4 Å². The van der Waals surface area contributed by atoms with Crippen LogP contribution in [0.2, 0.25) is 0 Å². The minimum atomic E-state index is -3.16. The summed E-state index contributed by atoms with van der Waals surface area (Å²) in [6.07, 6.45) is 4.14. The highest BCUT2D eigenvalue weighted by molar-refractivity contribution is 7.89. The van der Waals surface area contributed by atoms with Crippen molar-refractivity contribution in [3.63, 3.8) is 0 Å². The van der Waals surface area contributed by atoms with Crippen LogP contribution in [0.5, 0.6) is 0 Å². The van der Waals surface area contributed by atoms with Crippen molar-refractivity contribution >= 4 is 10.0 Å². The molecule has 0 amide bonds. The van der Waals surface area contributed by atoms with E-state index in [1.807, 2.05) is 6.92 Å². The topological polar surface area (TPSA) is 66.4 Å². The quantitative estimate of drug-likeness (QED) is 0.593. The predicted molar refractivity (Wildman–Crippen MR) is 71.4 cm³/mol. The second-order valence-electron chi connectivity index (χ2n) is 5.09.